The minimum absolute atomic E-state index is 0.0995. The maximum atomic E-state index is 11.9. The molecule has 2 aliphatic rings. The smallest absolute Gasteiger partial charge is 0.199 e. The Balaban J connectivity index is 2.30. The first kappa shape index (κ1) is 8.61. The highest BCUT2D eigenvalue weighted by atomic mass is 16.6. The van der Waals surface area contributed by atoms with Crippen LogP contribution in [0.3, 0.4) is 0 Å². The van der Waals surface area contributed by atoms with Gasteiger partial charge in [0.15, 0.2) is 23.3 Å². The van der Waals surface area contributed by atoms with Gasteiger partial charge in [-0.15, -0.1) is 0 Å². The van der Waals surface area contributed by atoms with Gasteiger partial charge in [0.2, 0.25) is 0 Å². The van der Waals surface area contributed by atoms with Gasteiger partial charge in [-0.3, -0.25) is 9.59 Å². The van der Waals surface area contributed by atoms with E-state index in [4.69, 9.17) is 4.74 Å². The summed E-state index contributed by atoms with van der Waals surface area (Å²) in [6.07, 6.45) is -0.703. The van der Waals surface area contributed by atoms with Crippen molar-refractivity contribution >= 4 is 11.6 Å². The molecule has 0 aromatic heterocycles. The Morgan fingerprint density at radius 3 is 2.87 bits per heavy atom. The van der Waals surface area contributed by atoms with Crippen molar-refractivity contribution in [2.45, 2.75) is 18.6 Å². The van der Waals surface area contributed by atoms with Gasteiger partial charge >= 0.3 is 0 Å². The molecule has 4 nitrogen and oxygen atoms in total. The number of benzene rings is 1. The summed E-state index contributed by atoms with van der Waals surface area (Å²) in [4.78, 5) is 23.7. The number of epoxide rings is 1. The highest BCUT2D eigenvalue weighted by Gasteiger charge is 2.66. The van der Waals surface area contributed by atoms with E-state index in [0.29, 0.717) is 0 Å². The maximum absolute atomic E-state index is 11.9. The first-order chi connectivity index (χ1) is 7.05. The van der Waals surface area contributed by atoms with E-state index in [0.717, 1.165) is 0 Å². The molecule has 0 spiro atoms. The van der Waals surface area contributed by atoms with Gasteiger partial charge in [-0.1, -0.05) is 12.1 Å². The van der Waals surface area contributed by atoms with Crippen LogP contribution < -0.4 is 0 Å². The van der Waals surface area contributed by atoms with Crippen LogP contribution in [-0.2, 0) is 4.74 Å². The molecule has 0 bridgehead atoms. The molecule has 0 amide bonds. The van der Waals surface area contributed by atoms with Crippen molar-refractivity contribution in [2.24, 2.45) is 0 Å². The van der Waals surface area contributed by atoms with Crippen LogP contribution in [0.5, 0.6) is 5.75 Å². The van der Waals surface area contributed by atoms with Gasteiger partial charge in [0.05, 0.1) is 5.56 Å². The molecule has 0 unspecified atom stereocenters. The Morgan fingerprint density at radius 1 is 1.40 bits per heavy atom. The van der Waals surface area contributed by atoms with E-state index >= 15 is 0 Å². The molecule has 0 radical (unpaired) electrons. The third kappa shape index (κ3) is 0.849. The van der Waals surface area contributed by atoms with Crippen LogP contribution in [0.4, 0.5) is 0 Å². The highest BCUT2D eigenvalue weighted by molar-refractivity contribution is 6.23. The molecule has 1 aromatic carbocycles. The number of fused-ring (bicyclic) bond motifs is 2. The first-order valence-corrected chi connectivity index (χ1v) is 4.64. The number of rotatable bonds is 0. The lowest BCUT2D eigenvalue weighted by Gasteiger charge is -2.15. The summed E-state index contributed by atoms with van der Waals surface area (Å²) in [7, 11) is 0. The molecule has 76 valence electrons. The van der Waals surface area contributed by atoms with E-state index in [-0.39, 0.29) is 28.4 Å². The van der Waals surface area contributed by atoms with Crippen molar-refractivity contribution in [1.82, 2.24) is 0 Å². The fraction of sp³-hybridized carbons (Fsp3) is 0.273. The molecule has 1 aromatic rings. The molecule has 3 rings (SSSR count). The van der Waals surface area contributed by atoms with Crippen LogP contribution in [0, 0.1) is 0 Å². The van der Waals surface area contributed by atoms with Crippen molar-refractivity contribution in [3.05, 3.63) is 29.3 Å². The van der Waals surface area contributed by atoms with Gasteiger partial charge in [-0.2, -0.15) is 0 Å². The van der Waals surface area contributed by atoms with E-state index < -0.39 is 11.7 Å². The minimum Gasteiger partial charge on any atom is -0.507 e. The molecule has 4 heteroatoms. The predicted molar refractivity (Wildman–Crippen MR) is 50.0 cm³/mol. The van der Waals surface area contributed by atoms with Crippen molar-refractivity contribution in [2.75, 3.05) is 0 Å². The van der Waals surface area contributed by atoms with Crippen LogP contribution in [-0.4, -0.2) is 28.4 Å². The Kier molecular flexibility index (Phi) is 1.31. The number of carbonyl (C=O) groups is 2. The Morgan fingerprint density at radius 2 is 2.13 bits per heavy atom. The number of phenols is 1. The zero-order valence-corrected chi connectivity index (χ0v) is 7.98. The number of hydrogen-bond donors (Lipinski definition) is 1. The number of ether oxygens (including phenoxy) is 1. The zero-order valence-electron chi connectivity index (χ0n) is 7.98. The van der Waals surface area contributed by atoms with E-state index in [1.165, 1.54) is 6.07 Å². The van der Waals surface area contributed by atoms with E-state index in [2.05, 4.69) is 0 Å². The lowest BCUT2D eigenvalue weighted by atomic mass is 9.82. The molecule has 1 fully saturated rings. The largest absolute Gasteiger partial charge is 0.507 e. The summed E-state index contributed by atoms with van der Waals surface area (Å²) in [5, 5.41) is 9.54. The third-order valence-electron chi connectivity index (χ3n) is 3.03. The molecule has 2 atom stereocenters. The second-order valence-corrected chi connectivity index (χ2v) is 4.00. The zero-order chi connectivity index (χ0) is 10.8. The monoisotopic (exact) mass is 204 g/mol. The van der Waals surface area contributed by atoms with Crippen molar-refractivity contribution < 1.29 is 19.4 Å². The molecule has 1 aliphatic heterocycles. The SMILES string of the molecule is C[C@@]12O[C@@H]1C(=O)c1c(O)cccc1C2=O. The summed E-state index contributed by atoms with van der Waals surface area (Å²) >= 11 is 0. The number of hydrogen-bond acceptors (Lipinski definition) is 4. The Labute approximate surface area is 85.5 Å². The predicted octanol–water partition coefficient (Wildman–Crippen LogP) is 0.929. The lowest BCUT2D eigenvalue weighted by Crippen LogP contribution is -2.34. The van der Waals surface area contributed by atoms with Gasteiger partial charge in [0.25, 0.3) is 0 Å². The number of Topliss-reactive ketones (excluding diaryl/α,β-unsaturated/α-hetero) is 2. The summed E-state index contributed by atoms with van der Waals surface area (Å²) in [5.74, 6) is -0.674. The number of carbonyl (C=O) groups excluding carboxylic acids is 2. The quantitative estimate of drug-likeness (QED) is 0.638. The van der Waals surface area contributed by atoms with Crippen LogP contribution in [0.2, 0.25) is 0 Å². The van der Waals surface area contributed by atoms with Gasteiger partial charge in [-0.05, 0) is 13.0 Å². The van der Waals surface area contributed by atoms with Crippen LogP contribution in [0.1, 0.15) is 27.6 Å². The van der Waals surface area contributed by atoms with Crippen LogP contribution >= 0.6 is 0 Å². The van der Waals surface area contributed by atoms with Crippen LogP contribution in [0.15, 0.2) is 18.2 Å². The fourth-order valence-electron chi connectivity index (χ4n) is 2.07. The average molecular weight is 204 g/mol. The lowest BCUT2D eigenvalue weighted by molar-refractivity contribution is 0.0873. The molecular formula is C11H8O4. The third-order valence-corrected chi connectivity index (χ3v) is 3.03. The normalized spacial score (nSPS) is 32.2. The Bertz CT molecular complexity index is 505. The Hall–Kier alpha value is -1.68. The number of phenolic OH excluding ortho intramolecular Hbond substituents is 1. The highest BCUT2D eigenvalue weighted by Crippen LogP contribution is 2.47. The average Bonchev–Trinajstić information content (AvgIpc) is 2.89. The summed E-state index contributed by atoms with van der Waals surface area (Å²) < 4.78 is 5.12. The number of aromatic hydroxyl groups is 1. The topological polar surface area (TPSA) is 66.9 Å². The molecule has 1 N–H and O–H groups in total. The standard InChI is InChI=1S/C11H8O4/c1-11-9(14)5-3-2-4-6(12)7(5)8(13)10(11)15-11/h2-4,10,12H,1H3/t10-,11+/m1/s1. The summed E-state index contributed by atoms with van der Waals surface area (Å²) in [6.45, 7) is 1.60. The first-order valence-electron chi connectivity index (χ1n) is 4.64. The molecular weight excluding hydrogens is 196 g/mol. The minimum atomic E-state index is -0.988. The molecule has 1 heterocycles. The molecule has 1 saturated heterocycles. The second kappa shape index (κ2) is 2.28. The van der Waals surface area contributed by atoms with E-state index in [1.54, 1.807) is 19.1 Å². The maximum Gasteiger partial charge on any atom is 0.199 e. The second-order valence-electron chi connectivity index (χ2n) is 4.00. The molecule has 1 aliphatic carbocycles. The van der Waals surface area contributed by atoms with Gasteiger partial charge in [0.1, 0.15) is 5.75 Å². The van der Waals surface area contributed by atoms with E-state index in [1.807, 2.05) is 0 Å². The summed E-state index contributed by atoms with van der Waals surface area (Å²) in [6, 6.07) is 4.49. The number of ketones is 2. The molecule has 0 saturated carbocycles. The van der Waals surface area contributed by atoms with Crippen molar-refractivity contribution in [3.8, 4) is 5.75 Å². The van der Waals surface area contributed by atoms with E-state index in [9.17, 15) is 14.7 Å². The fourth-order valence-corrected chi connectivity index (χ4v) is 2.07. The van der Waals surface area contributed by atoms with Crippen molar-refractivity contribution in [1.29, 1.82) is 0 Å². The van der Waals surface area contributed by atoms with Crippen molar-refractivity contribution in [3.63, 3.8) is 0 Å². The van der Waals surface area contributed by atoms with Gasteiger partial charge in [-0.25, -0.2) is 0 Å². The summed E-state index contributed by atoms with van der Waals surface area (Å²) in [5.41, 5.74) is -0.628. The van der Waals surface area contributed by atoms with Gasteiger partial charge in [0, 0.05) is 5.56 Å². The van der Waals surface area contributed by atoms with Gasteiger partial charge < -0.3 is 9.84 Å². The van der Waals surface area contributed by atoms with Crippen LogP contribution in [0.25, 0.3) is 0 Å². The molecule has 15 heavy (non-hydrogen) atoms.